The summed E-state index contributed by atoms with van der Waals surface area (Å²) in [5.74, 6) is 0.483. The Kier molecular flexibility index (Phi) is 3.53. The van der Waals surface area contributed by atoms with Crippen molar-refractivity contribution in [1.82, 2.24) is 19.6 Å². The summed E-state index contributed by atoms with van der Waals surface area (Å²) in [5, 5.41) is 3.39. The lowest BCUT2D eigenvalue weighted by molar-refractivity contribution is 0.233. The lowest BCUT2D eigenvalue weighted by atomic mass is 10.2. The monoisotopic (exact) mass is 258 g/mol. The molecule has 3 heterocycles. The van der Waals surface area contributed by atoms with E-state index in [1.807, 2.05) is 0 Å². The molecule has 3 rings (SSSR count). The van der Waals surface area contributed by atoms with Crippen LogP contribution in [0.2, 0.25) is 0 Å². The highest BCUT2D eigenvalue weighted by molar-refractivity contribution is 5.41. The van der Waals surface area contributed by atoms with Crippen molar-refractivity contribution < 1.29 is 0 Å². The lowest BCUT2D eigenvalue weighted by Gasteiger charge is -2.27. The molecule has 0 saturated carbocycles. The molecule has 1 fully saturated rings. The zero-order valence-electron chi connectivity index (χ0n) is 11.8. The van der Waals surface area contributed by atoms with Crippen LogP contribution in [0.3, 0.4) is 0 Å². The van der Waals surface area contributed by atoms with Gasteiger partial charge in [0, 0.05) is 45.1 Å². The summed E-state index contributed by atoms with van der Waals surface area (Å²) in [6, 6.07) is 4.33. The van der Waals surface area contributed by atoms with Gasteiger partial charge in [0.1, 0.15) is 5.65 Å². The maximum atomic E-state index is 4.64. The molecule has 1 saturated heterocycles. The van der Waals surface area contributed by atoms with Gasteiger partial charge in [-0.2, -0.15) is 0 Å². The van der Waals surface area contributed by atoms with Gasteiger partial charge in [-0.3, -0.25) is 4.90 Å². The first kappa shape index (κ1) is 12.6. The molecule has 0 radical (unpaired) electrons. The minimum atomic E-state index is 0.483. The van der Waals surface area contributed by atoms with Crippen molar-refractivity contribution in [1.29, 1.82) is 0 Å². The Labute approximate surface area is 114 Å². The van der Waals surface area contributed by atoms with Crippen LogP contribution < -0.4 is 5.32 Å². The largest absolute Gasteiger partial charge is 0.314 e. The molecule has 102 valence electrons. The van der Waals surface area contributed by atoms with E-state index in [2.05, 4.69) is 58.0 Å². The van der Waals surface area contributed by atoms with Crippen LogP contribution in [0.25, 0.3) is 5.65 Å². The average molecular weight is 258 g/mol. The molecule has 0 bridgehead atoms. The zero-order chi connectivity index (χ0) is 13.2. The highest BCUT2D eigenvalue weighted by atomic mass is 15.2. The van der Waals surface area contributed by atoms with Gasteiger partial charge in [0.25, 0.3) is 0 Å². The number of hydrogen-bond donors (Lipinski definition) is 1. The van der Waals surface area contributed by atoms with Crippen LogP contribution in [0.5, 0.6) is 0 Å². The Morgan fingerprint density at radius 2 is 2.00 bits per heavy atom. The Hall–Kier alpha value is -1.39. The second-order valence-electron chi connectivity index (χ2n) is 5.65. The van der Waals surface area contributed by atoms with Crippen LogP contribution in [0.1, 0.15) is 31.0 Å². The second-order valence-corrected chi connectivity index (χ2v) is 5.65. The molecule has 1 aliphatic heterocycles. The predicted molar refractivity (Wildman–Crippen MR) is 77.4 cm³/mol. The molecule has 0 aliphatic carbocycles. The van der Waals surface area contributed by atoms with Crippen molar-refractivity contribution >= 4 is 5.65 Å². The molecule has 0 unspecified atom stereocenters. The lowest BCUT2D eigenvalue weighted by Crippen LogP contribution is -2.42. The van der Waals surface area contributed by atoms with Crippen LogP contribution in [0.4, 0.5) is 0 Å². The highest BCUT2D eigenvalue weighted by Gasteiger charge is 2.11. The first-order valence-corrected chi connectivity index (χ1v) is 7.13. The standard InChI is InChI=1S/C15H22N4/c1-12(2)14-11-19-10-13(3-4-15(19)17-14)9-18-7-5-16-6-8-18/h3-4,10-12,16H,5-9H2,1-2H3. The van der Waals surface area contributed by atoms with E-state index < -0.39 is 0 Å². The Morgan fingerprint density at radius 1 is 1.21 bits per heavy atom. The van der Waals surface area contributed by atoms with Gasteiger partial charge in [0.2, 0.25) is 0 Å². The normalized spacial score (nSPS) is 17.4. The van der Waals surface area contributed by atoms with Crippen molar-refractivity contribution in [2.75, 3.05) is 26.2 Å². The molecule has 1 aliphatic rings. The number of nitrogens with one attached hydrogen (secondary N) is 1. The van der Waals surface area contributed by atoms with Crippen LogP contribution >= 0.6 is 0 Å². The summed E-state index contributed by atoms with van der Waals surface area (Å²) < 4.78 is 2.16. The van der Waals surface area contributed by atoms with Crippen molar-refractivity contribution in [3.05, 3.63) is 35.8 Å². The fraction of sp³-hybridized carbons (Fsp3) is 0.533. The zero-order valence-corrected chi connectivity index (χ0v) is 11.8. The number of nitrogens with zero attached hydrogens (tertiary/aromatic N) is 3. The third-order valence-corrected chi connectivity index (χ3v) is 3.74. The Morgan fingerprint density at radius 3 is 2.74 bits per heavy atom. The highest BCUT2D eigenvalue weighted by Crippen LogP contribution is 2.16. The van der Waals surface area contributed by atoms with E-state index in [-0.39, 0.29) is 0 Å². The summed E-state index contributed by atoms with van der Waals surface area (Å²) >= 11 is 0. The van der Waals surface area contributed by atoms with Gasteiger partial charge in [-0.25, -0.2) is 4.98 Å². The summed E-state index contributed by atoms with van der Waals surface area (Å²) in [6.45, 7) is 9.88. The van der Waals surface area contributed by atoms with Gasteiger partial charge < -0.3 is 9.72 Å². The van der Waals surface area contributed by atoms with E-state index in [0.717, 1.165) is 38.4 Å². The maximum Gasteiger partial charge on any atom is 0.137 e. The molecular formula is C15H22N4. The number of hydrogen-bond acceptors (Lipinski definition) is 3. The molecule has 4 heteroatoms. The van der Waals surface area contributed by atoms with E-state index in [4.69, 9.17) is 0 Å². The van der Waals surface area contributed by atoms with Gasteiger partial charge >= 0.3 is 0 Å². The topological polar surface area (TPSA) is 32.6 Å². The van der Waals surface area contributed by atoms with Crippen LogP contribution in [0, 0.1) is 0 Å². The van der Waals surface area contributed by atoms with Gasteiger partial charge in [0.15, 0.2) is 0 Å². The molecule has 0 spiro atoms. The van der Waals surface area contributed by atoms with Crippen molar-refractivity contribution in [2.24, 2.45) is 0 Å². The Balaban J connectivity index is 1.80. The summed E-state index contributed by atoms with van der Waals surface area (Å²) in [7, 11) is 0. The van der Waals surface area contributed by atoms with Crippen LogP contribution in [0.15, 0.2) is 24.5 Å². The molecular weight excluding hydrogens is 236 g/mol. The molecule has 2 aromatic rings. The second kappa shape index (κ2) is 5.31. The fourth-order valence-corrected chi connectivity index (χ4v) is 2.56. The van der Waals surface area contributed by atoms with E-state index >= 15 is 0 Å². The minimum absolute atomic E-state index is 0.483. The number of fused-ring (bicyclic) bond motifs is 1. The summed E-state index contributed by atoms with van der Waals surface area (Å²) in [4.78, 5) is 7.14. The predicted octanol–water partition coefficient (Wildman–Crippen LogP) is 1.86. The molecule has 4 nitrogen and oxygen atoms in total. The van der Waals surface area contributed by atoms with E-state index in [0.29, 0.717) is 5.92 Å². The summed E-state index contributed by atoms with van der Waals surface area (Å²) in [5.41, 5.74) is 3.58. The van der Waals surface area contributed by atoms with E-state index in [1.165, 1.54) is 11.3 Å². The number of piperazine rings is 1. The van der Waals surface area contributed by atoms with Gasteiger partial charge in [-0.15, -0.1) is 0 Å². The van der Waals surface area contributed by atoms with E-state index in [9.17, 15) is 0 Å². The molecule has 1 N–H and O–H groups in total. The fourth-order valence-electron chi connectivity index (χ4n) is 2.56. The smallest absolute Gasteiger partial charge is 0.137 e. The van der Waals surface area contributed by atoms with Crippen molar-refractivity contribution in [3.8, 4) is 0 Å². The Bertz CT molecular complexity index is 552. The number of imidazole rings is 1. The minimum Gasteiger partial charge on any atom is -0.314 e. The average Bonchev–Trinajstić information content (AvgIpc) is 2.83. The number of aromatic nitrogens is 2. The van der Waals surface area contributed by atoms with Gasteiger partial charge in [-0.05, 0) is 17.5 Å². The van der Waals surface area contributed by atoms with Crippen LogP contribution in [-0.2, 0) is 6.54 Å². The number of rotatable bonds is 3. The quantitative estimate of drug-likeness (QED) is 0.912. The molecule has 2 aromatic heterocycles. The van der Waals surface area contributed by atoms with E-state index in [1.54, 1.807) is 0 Å². The first-order valence-electron chi connectivity index (χ1n) is 7.13. The number of pyridine rings is 1. The maximum absolute atomic E-state index is 4.64. The third kappa shape index (κ3) is 2.80. The molecule has 0 amide bonds. The SMILES string of the molecule is CC(C)c1cn2cc(CN3CCNCC3)ccc2n1. The molecule has 19 heavy (non-hydrogen) atoms. The third-order valence-electron chi connectivity index (χ3n) is 3.74. The van der Waals surface area contributed by atoms with Crippen molar-refractivity contribution in [3.63, 3.8) is 0 Å². The van der Waals surface area contributed by atoms with Crippen molar-refractivity contribution in [2.45, 2.75) is 26.3 Å². The molecule has 0 atom stereocenters. The molecule has 0 aromatic carbocycles. The van der Waals surface area contributed by atoms with Crippen LogP contribution in [-0.4, -0.2) is 40.5 Å². The van der Waals surface area contributed by atoms with Gasteiger partial charge in [0.05, 0.1) is 5.69 Å². The summed E-state index contributed by atoms with van der Waals surface area (Å²) in [6.07, 6.45) is 4.37. The van der Waals surface area contributed by atoms with Gasteiger partial charge in [-0.1, -0.05) is 19.9 Å². The first-order chi connectivity index (χ1) is 9.22.